The van der Waals surface area contributed by atoms with E-state index in [9.17, 15) is 18.0 Å². The van der Waals surface area contributed by atoms with Gasteiger partial charge in [0.15, 0.2) is 5.69 Å². The van der Waals surface area contributed by atoms with Gasteiger partial charge in [0.1, 0.15) is 11.5 Å². The van der Waals surface area contributed by atoms with E-state index in [-0.39, 0.29) is 34.4 Å². The predicted octanol–water partition coefficient (Wildman–Crippen LogP) is 5.56. The van der Waals surface area contributed by atoms with Crippen LogP contribution in [0.4, 0.5) is 17.6 Å². The van der Waals surface area contributed by atoms with Crippen molar-refractivity contribution in [2.75, 3.05) is 6.61 Å². The highest BCUT2D eigenvalue weighted by molar-refractivity contribution is 5.79. The molecule has 0 spiro atoms. The molecule has 0 N–H and O–H groups in total. The van der Waals surface area contributed by atoms with Crippen molar-refractivity contribution in [1.82, 2.24) is 19.2 Å². The number of fused-ring (bicyclic) bond motifs is 1. The van der Waals surface area contributed by atoms with Gasteiger partial charge in [0, 0.05) is 41.8 Å². The molecule has 4 aromatic rings. The van der Waals surface area contributed by atoms with E-state index < -0.39 is 23.2 Å². The molecule has 7 nitrogen and oxygen atoms in total. The molecule has 1 aliphatic heterocycles. The number of halogens is 4. The lowest BCUT2D eigenvalue weighted by molar-refractivity contribution is -0.141. The second-order valence-electron chi connectivity index (χ2n) is 9.73. The van der Waals surface area contributed by atoms with Gasteiger partial charge in [0.05, 0.1) is 30.0 Å². The molecule has 0 radical (unpaired) electrons. The number of benzene rings is 1. The summed E-state index contributed by atoms with van der Waals surface area (Å²) >= 11 is 0. The van der Waals surface area contributed by atoms with Gasteiger partial charge in [-0.25, -0.2) is 9.37 Å². The van der Waals surface area contributed by atoms with Crippen molar-refractivity contribution < 1.29 is 22.3 Å². The van der Waals surface area contributed by atoms with Gasteiger partial charge in [-0.2, -0.15) is 23.5 Å². The zero-order chi connectivity index (χ0) is 26.6. The van der Waals surface area contributed by atoms with Crippen LogP contribution in [0.3, 0.4) is 0 Å². The van der Waals surface area contributed by atoms with Crippen LogP contribution in [0.2, 0.25) is 0 Å². The lowest BCUT2D eigenvalue weighted by atomic mass is 9.86. The van der Waals surface area contributed by atoms with Crippen LogP contribution in [0.1, 0.15) is 66.1 Å². The first-order valence-corrected chi connectivity index (χ1v) is 12.2. The maximum absolute atomic E-state index is 15.1. The molecule has 1 saturated carbocycles. The predicted molar refractivity (Wildman–Crippen MR) is 128 cm³/mol. The van der Waals surface area contributed by atoms with Gasteiger partial charge in [-0.3, -0.25) is 13.9 Å². The highest BCUT2D eigenvalue weighted by Crippen LogP contribution is 2.41. The number of pyridine rings is 1. The van der Waals surface area contributed by atoms with Crippen LogP contribution < -0.4 is 5.56 Å². The Bertz CT molecular complexity index is 1650. The molecule has 2 unspecified atom stereocenters. The molecular weight excluding hydrogens is 502 g/mol. The van der Waals surface area contributed by atoms with E-state index in [1.165, 1.54) is 18.3 Å². The molecule has 6 rings (SSSR count). The van der Waals surface area contributed by atoms with Gasteiger partial charge >= 0.3 is 6.18 Å². The van der Waals surface area contributed by atoms with Crippen LogP contribution in [0.5, 0.6) is 0 Å². The van der Waals surface area contributed by atoms with Gasteiger partial charge < -0.3 is 4.74 Å². The number of rotatable bonds is 4. The monoisotopic (exact) mass is 523 g/mol. The third-order valence-corrected chi connectivity index (χ3v) is 7.13. The van der Waals surface area contributed by atoms with Crippen molar-refractivity contribution in [1.29, 1.82) is 5.26 Å². The van der Waals surface area contributed by atoms with Crippen molar-refractivity contribution >= 4 is 5.65 Å². The standard InChI is InChI=1S/C27H21F4N5O2/c28-22-7-15(11-32)1-4-20(22)21-8-17(13-35-25(37)10-24(27(29,30)31)34-26(21)35)16-5-6-38-23(9-16)18-12-33-36(14-18)19-2-3-19/h1,4,7-8,10,12-14,16,19,23H,2-3,5-6,9H2. The molecule has 1 aromatic carbocycles. The summed E-state index contributed by atoms with van der Waals surface area (Å²) < 4.78 is 64.6. The summed E-state index contributed by atoms with van der Waals surface area (Å²) in [5.41, 5.74) is -0.949. The highest BCUT2D eigenvalue weighted by Gasteiger charge is 2.35. The Morgan fingerprint density at radius 2 is 1.87 bits per heavy atom. The Morgan fingerprint density at radius 1 is 1.05 bits per heavy atom. The quantitative estimate of drug-likeness (QED) is 0.327. The fourth-order valence-electron chi connectivity index (χ4n) is 4.98. The molecule has 3 aromatic heterocycles. The molecule has 2 atom stereocenters. The minimum absolute atomic E-state index is 0.0392. The van der Waals surface area contributed by atoms with Crippen molar-refractivity contribution in [2.24, 2.45) is 0 Å². The molecule has 2 aliphatic rings. The van der Waals surface area contributed by atoms with E-state index in [0.29, 0.717) is 37.1 Å². The first-order valence-electron chi connectivity index (χ1n) is 12.2. The van der Waals surface area contributed by atoms with E-state index in [2.05, 4.69) is 10.1 Å². The zero-order valence-corrected chi connectivity index (χ0v) is 20.0. The van der Waals surface area contributed by atoms with Crippen LogP contribution in [-0.2, 0) is 10.9 Å². The van der Waals surface area contributed by atoms with Crippen molar-refractivity contribution in [3.63, 3.8) is 0 Å². The van der Waals surface area contributed by atoms with Gasteiger partial charge in [-0.15, -0.1) is 0 Å². The second kappa shape index (κ2) is 9.06. The van der Waals surface area contributed by atoms with Crippen molar-refractivity contribution in [3.8, 4) is 17.2 Å². The normalized spacial score (nSPS) is 20.0. The van der Waals surface area contributed by atoms with Gasteiger partial charge in [0.25, 0.3) is 5.56 Å². The number of alkyl halides is 3. The SMILES string of the molecule is N#Cc1ccc(-c2cc(C3CCOC(c4cnn(C5CC5)c4)C3)cn3c(=O)cc(C(F)(F)F)nc23)c(F)c1. The Morgan fingerprint density at radius 3 is 2.58 bits per heavy atom. The minimum Gasteiger partial charge on any atom is -0.373 e. The molecule has 0 bridgehead atoms. The van der Waals surface area contributed by atoms with Crippen molar-refractivity contribution in [2.45, 2.75) is 49.9 Å². The number of nitrogens with zero attached hydrogens (tertiary/aromatic N) is 5. The summed E-state index contributed by atoms with van der Waals surface area (Å²) in [6.07, 6.45) is 3.51. The lowest BCUT2D eigenvalue weighted by Gasteiger charge is -2.30. The summed E-state index contributed by atoms with van der Waals surface area (Å²) in [5.74, 6) is -0.913. The summed E-state index contributed by atoms with van der Waals surface area (Å²) in [4.78, 5) is 16.6. The Hall–Kier alpha value is -4.04. The molecule has 0 amide bonds. The van der Waals surface area contributed by atoms with Gasteiger partial charge in [-0.05, 0) is 61.4 Å². The Labute approximate surface area is 213 Å². The summed E-state index contributed by atoms with van der Waals surface area (Å²) in [7, 11) is 0. The Kier molecular flexibility index (Phi) is 5.79. The number of aromatic nitrogens is 4. The third-order valence-electron chi connectivity index (χ3n) is 7.13. The fourth-order valence-corrected chi connectivity index (χ4v) is 4.98. The van der Waals surface area contributed by atoms with Gasteiger partial charge in [0.2, 0.25) is 0 Å². The molecule has 194 valence electrons. The van der Waals surface area contributed by atoms with Crippen LogP contribution in [0, 0.1) is 17.1 Å². The summed E-state index contributed by atoms with van der Waals surface area (Å²) in [6.45, 7) is 0.433. The van der Waals surface area contributed by atoms with Gasteiger partial charge in [-0.1, -0.05) is 0 Å². The number of ether oxygens (including phenoxy) is 1. The molecule has 1 aliphatic carbocycles. The van der Waals surface area contributed by atoms with Crippen LogP contribution >= 0.6 is 0 Å². The molecule has 4 heterocycles. The summed E-state index contributed by atoms with van der Waals surface area (Å²) in [6, 6.07) is 7.99. The average molecular weight is 523 g/mol. The fraction of sp³-hybridized carbons (Fsp3) is 0.333. The molecule has 1 saturated heterocycles. The lowest BCUT2D eigenvalue weighted by Crippen LogP contribution is -2.23. The van der Waals surface area contributed by atoms with Crippen LogP contribution in [-0.4, -0.2) is 25.8 Å². The van der Waals surface area contributed by atoms with Crippen LogP contribution in [0.25, 0.3) is 16.8 Å². The maximum Gasteiger partial charge on any atom is 0.433 e. The second-order valence-corrected chi connectivity index (χ2v) is 9.73. The summed E-state index contributed by atoms with van der Waals surface area (Å²) in [5, 5.41) is 13.5. The van der Waals surface area contributed by atoms with E-state index >= 15 is 4.39 Å². The van der Waals surface area contributed by atoms with E-state index in [1.807, 2.05) is 16.9 Å². The molecular formula is C27H21F4N5O2. The smallest absolute Gasteiger partial charge is 0.373 e. The third kappa shape index (κ3) is 4.45. The first-order chi connectivity index (χ1) is 18.2. The number of hydrogen-bond donors (Lipinski definition) is 0. The number of hydrogen-bond acceptors (Lipinski definition) is 5. The zero-order valence-electron chi connectivity index (χ0n) is 20.0. The van der Waals surface area contributed by atoms with Crippen LogP contribution in [0.15, 0.2) is 53.7 Å². The first kappa shape index (κ1) is 24.3. The van der Waals surface area contributed by atoms with E-state index in [0.717, 1.165) is 28.9 Å². The Balaban J connectivity index is 1.46. The highest BCUT2D eigenvalue weighted by atomic mass is 19.4. The topological polar surface area (TPSA) is 85.2 Å². The van der Waals surface area contributed by atoms with E-state index in [4.69, 9.17) is 10.00 Å². The average Bonchev–Trinajstić information content (AvgIpc) is 3.64. The van der Waals surface area contributed by atoms with Crippen molar-refractivity contribution in [3.05, 3.63) is 87.5 Å². The molecule has 38 heavy (non-hydrogen) atoms. The minimum atomic E-state index is -4.86. The van der Waals surface area contributed by atoms with E-state index in [1.54, 1.807) is 12.3 Å². The molecule has 2 fully saturated rings. The largest absolute Gasteiger partial charge is 0.433 e. The maximum atomic E-state index is 15.1. The number of nitriles is 1. The molecule has 11 heteroatoms.